The fraction of sp³-hybridized carbons (Fsp3) is 0.278. The zero-order chi connectivity index (χ0) is 19.6. The number of hydrogen-bond acceptors (Lipinski definition) is 4. The van der Waals surface area contributed by atoms with Crippen molar-refractivity contribution in [2.24, 2.45) is 0 Å². The fourth-order valence-corrected chi connectivity index (χ4v) is 4.75. The molecule has 3 rings (SSSR count). The maximum atomic E-state index is 13.3. The first kappa shape index (κ1) is 19.4. The summed E-state index contributed by atoms with van der Waals surface area (Å²) in [6, 6.07) is 7.88. The van der Waals surface area contributed by atoms with E-state index in [1.54, 1.807) is 0 Å². The molecule has 144 valence electrons. The molecule has 1 aliphatic heterocycles. The Kier molecular flexibility index (Phi) is 5.54. The predicted molar refractivity (Wildman–Crippen MR) is 94.8 cm³/mol. The lowest BCUT2D eigenvalue weighted by Crippen LogP contribution is -2.37. The Hall–Kier alpha value is -2.36. The number of carbonyl (C=O) groups excluding carboxylic acids is 1. The summed E-state index contributed by atoms with van der Waals surface area (Å²) in [6.07, 6.45) is 1.23. The van der Waals surface area contributed by atoms with Gasteiger partial charge in [0, 0.05) is 29.9 Å². The van der Waals surface area contributed by atoms with E-state index < -0.39 is 33.6 Å². The van der Waals surface area contributed by atoms with Gasteiger partial charge in [-0.25, -0.2) is 17.2 Å². The number of nitrogens with one attached hydrogen (secondary N) is 1. The summed E-state index contributed by atoms with van der Waals surface area (Å²) >= 11 is 0. The van der Waals surface area contributed by atoms with Gasteiger partial charge < -0.3 is 10.4 Å². The van der Waals surface area contributed by atoms with Crippen LogP contribution in [0.2, 0.25) is 0 Å². The van der Waals surface area contributed by atoms with E-state index in [2.05, 4.69) is 5.32 Å². The van der Waals surface area contributed by atoms with Crippen LogP contribution in [0.15, 0.2) is 47.4 Å². The molecule has 0 bridgehead atoms. The number of benzene rings is 2. The molecule has 0 aliphatic carbocycles. The number of sulfonamides is 1. The van der Waals surface area contributed by atoms with Gasteiger partial charge >= 0.3 is 0 Å². The van der Waals surface area contributed by atoms with E-state index in [-0.39, 0.29) is 22.8 Å². The summed E-state index contributed by atoms with van der Waals surface area (Å²) < 4.78 is 53.1. The van der Waals surface area contributed by atoms with Crippen molar-refractivity contribution >= 4 is 21.6 Å². The van der Waals surface area contributed by atoms with Crippen LogP contribution in [-0.2, 0) is 10.0 Å². The second-order valence-electron chi connectivity index (χ2n) is 6.21. The van der Waals surface area contributed by atoms with Crippen molar-refractivity contribution < 1.29 is 27.1 Å². The van der Waals surface area contributed by atoms with Crippen molar-refractivity contribution in [1.82, 2.24) is 4.31 Å². The van der Waals surface area contributed by atoms with E-state index in [1.165, 1.54) is 34.6 Å². The van der Waals surface area contributed by atoms with Gasteiger partial charge in [-0.1, -0.05) is 6.07 Å². The van der Waals surface area contributed by atoms with Crippen molar-refractivity contribution in [3.63, 3.8) is 0 Å². The molecule has 0 saturated carbocycles. The third-order valence-corrected chi connectivity index (χ3v) is 6.36. The molecule has 0 radical (unpaired) electrons. The summed E-state index contributed by atoms with van der Waals surface area (Å²) in [4.78, 5) is 12.3. The lowest BCUT2D eigenvalue weighted by molar-refractivity contribution is 0.102. The smallest absolute Gasteiger partial charge is 0.255 e. The Morgan fingerprint density at radius 3 is 2.67 bits per heavy atom. The van der Waals surface area contributed by atoms with Gasteiger partial charge in [0.2, 0.25) is 10.0 Å². The highest BCUT2D eigenvalue weighted by atomic mass is 32.2. The molecule has 9 heteroatoms. The highest BCUT2D eigenvalue weighted by Crippen LogP contribution is 2.26. The van der Waals surface area contributed by atoms with Crippen LogP contribution in [0, 0.1) is 11.6 Å². The van der Waals surface area contributed by atoms with Crippen LogP contribution in [0.5, 0.6) is 0 Å². The summed E-state index contributed by atoms with van der Waals surface area (Å²) in [6.45, 7) is 0.0361. The number of carbonyl (C=O) groups is 1. The van der Waals surface area contributed by atoms with Gasteiger partial charge in [0.15, 0.2) is 11.6 Å². The topological polar surface area (TPSA) is 86.7 Å². The molecule has 1 heterocycles. The van der Waals surface area contributed by atoms with Crippen molar-refractivity contribution in [2.75, 3.05) is 18.5 Å². The molecule has 2 aromatic rings. The van der Waals surface area contributed by atoms with Crippen molar-refractivity contribution in [3.05, 3.63) is 59.7 Å². The fourth-order valence-electron chi connectivity index (χ4n) is 3.02. The number of hydrogen-bond donors (Lipinski definition) is 2. The van der Waals surface area contributed by atoms with Gasteiger partial charge in [-0.05, 0) is 43.2 Å². The standard InChI is InChI=1S/C18H18F2N2O4S/c19-16-7-6-13(10-17(16)20)21-18(24)12-3-1-5-15(9-12)27(25,26)22-8-2-4-14(22)11-23/h1,3,5-7,9-10,14,23H,2,4,8,11H2,(H,21,24)/t14-/m1/s1. The number of aliphatic hydroxyl groups is 1. The van der Waals surface area contributed by atoms with Gasteiger partial charge in [-0.3, -0.25) is 4.79 Å². The molecular weight excluding hydrogens is 378 g/mol. The number of aliphatic hydroxyl groups excluding tert-OH is 1. The minimum absolute atomic E-state index is 0.0482. The summed E-state index contributed by atoms with van der Waals surface area (Å²) in [5, 5.41) is 11.8. The van der Waals surface area contributed by atoms with Gasteiger partial charge in [0.1, 0.15) is 0 Å². The van der Waals surface area contributed by atoms with Crippen LogP contribution in [0.3, 0.4) is 0 Å². The number of anilines is 1. The van der Waals surface area contributed by atoms with Gasteiger partial charge in [0.25, 0.3) is 5.91 Å². The van der Waals surface area contributed by atoms with E-state index >= 15 is 0 Å². The van der Waals surface area contributed by atoms with E-state index in [0.717, 1.165) is 12.1 Å². The lowest BCUT2D eigenvalue weighted by atomic mass is 10.2. The normalized spacial score (nSPS) is 17.8. The third kappa shape index (κ3) is 4.00. The van der Waals surface area contributed by atoms with Crippen LogP contribution in [0.25, 0.3) is 0 Å². The second kappa shape index (κ2) is 7.71. The third-order valence-electron chi connectivity index (χ3n) is 4.41. The molecule has 0 unspecified atom stereocenters. The molecular formula is C18H18F2N2O4S. The quantitative estimate of drug-likeness (QED) is 0.812. The molecule has 1 amide bonds. The van der Waals surface area contributed by atoms with Crippen LogP contribution < -0.4 is 5.32 Å². The van der Waals surface area contributed by atoms with Gasteiger partial charge in [-0.15, -0.1) is 0 Å². The maximum Gasteiger partial charge on any atom is 0.255 e. The zero-order valence-electron chi connectivity index (χ0n) is 14.2. The van der Waals surface area contributed by atoms with Crippen molar-refractivity contribution in [2.45, 2.75) is 23.8 Å². The molecule has 0 spiro atoms. The molecule has 1 atom stereocenters. The van der Waals surface area contributed by atoms with E-state index in [4.69, 9.17) is 0 Å². The van der Waals surface area contributed by atoms with E-state index in [9.17, 15) is 27.1 Å². The minimum Gasteiger partial charge on any atom is -0.395 e. The lowest BCUT2D eigenvalue weighted by Gasteiger charge is -2.22. The molecule has 1 saturated heterocycles. The van der Waals surface area contributed by atoms with Crippen molar-refractivity contribution in [3.8, 4) is 0 Å². The highest BCUT2D eigenvalue weighted by molar-refractivity contribution is 7.89. The number of amides is 1. The summed E-state index contributed by atoms with van der Waals surface area (Å²) in [5.74, 6) is -2.79. The second-order valence-corrected chi connectivity index (χ2v) is 8.10. The van der Waals surface area contributed by atoms with Crippen LogP contribution in [0.1, 0.15) is 23.2 Å². The number of rotatable bonds is 5. The highest BCUT2D eigenvalue weighted by Gasteiger charge is 2.35. The number of nitrogens with zero attached hydrogens (tertiary/aromatic N) is 1. The number of halogens is 2. The SMILES string of the molecule is O=C(Nc1ccc(F)c(F)c1)c1cccc(S(=O)(=O)N2CCC[C@@H]2CO)c1. The van der Waals surface area contributed by atoms with Crippen molar-refractivity contribution in [1.29, 1.82) is 0 Å². The minimum atomic E-state index is -3.86. The zero-order valence-corrected chi connectivity index (χ0v) is 15.0. The Labute approximate surface area is 155 Å². The monoisotopic (exact) mass is 396 g/mol. The van der Waals surface area contributed by atoms with E-state index in [1.807, 2.05) is 0 Å². The predicted octanol–water partition coefficient (Wildman–Crippen LogP) is 2.36. The molecule has 27 heavy (non-hydrogen) atoms. The largest absolute Gasteiger partial charge is 0.395 e. The molecule has 2 N–H and O–H groups in total. The molecule has 1 aliphatic rings. The Morgan fingerprint density at radius 1 is 1.19 bits per heavy atom. The van der Waals surface area contributed by atoms with Crippen LogP contribution >= 0.6 is 0 Å². The first-order valence-corrected chi connectivity index (χ1v) is 9.76. The molecule has 2 aromatic carbocycles. The Balaban J connectivity index is 1.84. The summed E-state index contributed by atoms with van der Waals surface area (Å²) in [5.41, 5.74) is 0.104. The van der Waals surface area contributed by atoms with Gasteiger partial charge in [-0.2, -0.15) is 4.31 Å². The Morgan fingerprint density at radius 2 is 1.96 bits per heavy atom. The van der Waals surface area contributed by atoms with Crippen LogP contribution in [-0.4, -0.2) is 42.9 Å². The first-order valence-electron chi connectivity index (χ1n) is 8.32. The van der Waals surface area contributed by atoms with E-state index in [0.29, 0.717) is 19.4 Å². The average molecular weight is 396 g/mol. The average Bonchev–Trinajstić information content (AvgIpc) is 3.14. The summed E-state index contributed by atoms with van der Waals surface area (Å²) in [7, 11) is -3.86. The first-order chi connectivity index (χ1) is 12.8. The molecule has 1 fully saturated rings. The molecule has 6 nitrogen and oxygen atoms in total. The van der Waals surface area contributed by atoms with Gasteiger partial charge in [0.05, 0.1) is 11.5 Å². The van der Waals surface area contributed by atoms with Crippen LogP contribution in [0.4, 0.5) is 14.5 Å². The maximum absolute atomic E-state index is 13.3. The molecule has 0 aromatic heterocycles. The Bertz CT molecular complexity index is 966.